The van der Waals surface area contributed by atoms with Crippen LogP contribution in [0.4, 0.5) is 0 Å². The zero-order chi connectivity index (χ0) is 44.0. The van der Waals surface area contributed by atoms with Crippen molar-refractivity contribution in [3.63, 3.8) is 0 Å². The molecule has 0 aliphatic rings. The van der Waals surface area contributed by atoms with E-state index in [1.54, 1.807) is 12.2 Å². The molecule has 16 heteroatoms. The molecule has 0 radical (unpaired) electrons. The molecule has 0 heterocycles. The Morgan fingerprint density at radius 3 is 1.76 bits per heavy atom. The Balaban J connectivity index is 4.66. The Morgan fingerprint density at radius 2 is 1.14 bits per heavy atom. The quantitative estimate of drug-likeness (QED) is 0.0113. The molecule has 0 spiro atoms. The van der Waals surface area contributed by atoms with E-state index in [2.05, 4.69) is 29.8 Å². The molecule has 0 fully saturated rings. The molecular weight excluding hydrogens is 802 g/mol. The van der Waals surface area contributed by atoms with Gasteiger partial charge in [0.25, 0.3) is 0 Å². The highest BCUT2D eigenvalue weighted by Gasteiger charge is 2.28. The molecule has 59 heavy (non-hydrogen) atoms. The highest BCUT2D eigenvalue weighted by molar-refractivity contribution is 7.47. The molecule has 1 unspecified atom stereocenters. The zero-order valence-corrected chi connectivity index (χ0v) is 37.8. The van der Waals surface area contributed by atoms with Crippen LogP contribution in [0, 0.1) is 5.92 Å². The topological polar surface area (TPSA) is 212 Å². The van der Waals surface area contributed by atoms with Crippen LogP contribution < -0.4 is 0 Å². The maximum Gasteiger partial charge on any atom is 0.472 e. The summed E-state index contributed by atoms with van der Waals surface area (Å²) in [5.74, 6) is -0.212. The van der Waals surface area contributed by atoms with Crippen LogP contribution in [-0.4, -0.2) is 76.1 Å². The number of aliphatic hydroxyl groups is 1. The zero-order valence-electron chi connectivity index (χ0n) is 36.0. The first kappa shape index (κ1) is 56.8. The molecular formula is C43H76O14P2. The van der Waals surface area contributed by atoms with E-state index in [1.807, 2.05) is 36.5 Å². The second kappa shape index (κ2) is 37.5. The van der Waals surface area contributed by atoms with Crippen LogP contribution in [0.25, 0.3) is 0 Å². The van der Waals surface area contributed by atoms with Gasteiger partial charge in [0, 0.05) is 19.3 Å². The number of phosphoric acid groups is 2. The lowest BCUT2D eigenvalue weighted by Crippen LogP contribution is -2.29. The second-order valence-corrected chi connectivity index (χ2v) is 17.8. The van der Waals surface area contributed by atoms with Crippen molar-refractivity contribution in [1.82, 2.24) is 0 Å². The fourth-order valence-electron chi connectivity index (χ4n) is 5.54. The summed E-state index contributed by atoms with van der Waals surface area (Å²) in [6.07, 6.45) is 32.5. The Bertz CT molecular complexity index is 1310. The van der Waals surface area contributed by atoms with Crippen LogP contribution in [0.1, 0.15) is 162 Å². The maximum absolute atomic E-state index is 12.6. The van der Waals surface area contributed by atoms with Gasteiger partial charge in [0.05, 0.1) is 19.8 Å². The van der Waals surface area contributed by atoms with Crippen molar-refractivity contribution in [3.05, 3.63) is 48.6 Å². The van der Waals surface area contributed by atoms with Crippen molar-refractivity contribution >= 4 is 33.4 Å². The molecule has 0 aromatic heterocycles. The lowest BCUT2D eigenvalue weighted by atomic mass is 10.0. The van der Waals surface area contributed by atoms with Gasteiger partial charge in [-0.15, -0.1) is 0 Å². The predicted molar refractivity (Wildman–Crippen MR) is 230 cm³/mol. The first-order valence-corrected chi connectivity index (χ1v) is 24.7. The van der Waals surface area contributed by atoms with E-state index in [0.717, 1.165) is 50.9 Å². The van der Waals surface area contributed by atoms with Gasteiger partial charge in [-0.05, 0) is 50.5 Å². The van der Waals surface area contributed by atoms with Gasteiger partial charge >= 0.3 is 27.6 Å². The maximum atomic E-state index is 12.6. The minimum Gasteiger partial charge on any atom is -0.462 e. The molecule has 0 aliphatic heterocycles. The van der Waals surface area contributed by atoms with Gasteiger partial charge in [-0.3, -0.25) is 28.0 Å². The van der Waals surface area contributed by atoms with Crippen molar-refractivity contribution in [3.8, 4) is 0 Å². The van der Waals surface area contributed by atoms with Gasteiger partial charge in [0.2, 0.25) is 0 Å². The summed E-state index contributed by atoms with van der Waals surface area (Å²) in [4.78, 5) is 64.4. The van der Waals surface area contributed by atoms with E-state index in [0.29, 0.717) is 32.1 Å². The number of unbranched alkanes of at least 4 members (excludes halogenated alkanes) is 13. The van der Waals surface area contributed by atoms with E-state index in [1.165, 1.54) is 51.4 Å². The molecule has 0 rings (SSSR count). The van der Waals surface area contributed by atoms with E-state index in [-0.39, 0.29) is 18.6 Å². The van der Waals surface area contributed by atoms with Gasteiger partial charge in [-0.25, -0.2) is 9.13 Å². The minimum atomic E-state index is -4.88. The standard InChI is InChI=1S/C43H76O14P2/c1-4-5-24-30-39(44)31-26-21-17-13-9-7-11-15-19-23-28-33-43(47)57-41(37-56-59(51,52)55-35-40(45)34-54-58(48,49)50)36-53-42(46)32-27-22-18-14-10-6-8-12-16-20-25-29-38(2)3/h7,9,15,17,19,21,26,31,38,40-41,45H,4-6,8,10-14,16,18,20,22-25,27-30,32-37H2,1-3H3,(H,51,52)(H2,48,49,50)/b9-7-,19-15-,21-17-,31-26+/t40-,41+/m0/s1. The average Bonchev–Trinajstić information content (AvgIpc) is 3.17. The van der Waals surface area contributed by atoms with Crippen LogP contribution >= 0.6 is 15.6 Å². The molecule has 0 saturated heterocycles. The molecule has 0 saturated carbocycles. The van der Waals surface area contributed by atoms with Gasteiger partial charge in [0.15, 0.2) is 11.9 Å². The van der Waals surface area contributed by atoms with Gasteiger partial charge in [-0.2, -0.15) is 0 Å². The number of hydrogen-bond donors (Lipinski definition) is 4. The Morgan fingerprint density at radius 1 is 0.593 bits per heavy atom. The number of hydrogen-bond acceptors (Lipinski definition) is 11. The number of carbonyl (C=O) groups is 3. The summed E-state index contributed by atoms with van der Waals surface area (Å²) in [6.45, 7) is 3.82. The first-order valence-electron chi connectivity index (χ1n) is 21.6. The summed E-state index contributed by atoms with van der Waals surface area (Å²) in [7, 11) is -9.71. The lowest BCUT2D eigenvalue weighted by molar-refractivity contribution is -0.161. The molecule has 342 valence electrons. The fraction of sp³-hybridized carbons (Fsp3) is 0.744. The molecule has 0 aliphatic carbocycles. The monoisotopic (exact) mass is 878 g/mol. The number of rotatable bonds is 40. The summed E-state index contributed by atoms with van der Waals surface area (Å²) in [6, 6.07) is 0. The number of allylic oxidation sites excluding steroid dienone is 8. The Labute approximate surface area is 354 Å². The fourth-order valence-corrected chi connectivity index (χ4v) is 6.69. The SMILES string of the molecule is CCCCCC(=O)/C=C/C=C\C/C=C\C/C=C\CCCC(=O)O[C@H](COC(=O)CCCCCCCCCCCCCC(C)C)COP(=O)(O)OC[C@@H](O)COP(=O)(O)O. The molecule has 3 atom stereocenters. The number of aliphatic hydroxyl groups excluding tert-OH is 1. The van der Waals surface area contributed by atoms with Gasteiger partial charge in [-0.1, -0.05) is 147 Å². The smallest absolute Gasteiger partial charge is 0.462 e. The summed E-state index contributed by atoms with van der Waals surface area (Å²) in [5.41, 5.74) is 0. The number of ketones is 1. The Hall–Kier alpha value is -2.25. The van der Waals surface area contributed by atoms with Crippen molar-refractivity contribution in [2.75, 3.05) is 26.4 Å². The van der Waals surface area contributed by atoms with Crippen molar-refractivity contribution in [2.45, 2.75) is 174 Å². The third-order valence-electron chi connectivity index (χ3n) is 8.86. The number of carbonyl (C=O) groups excluding carboxylic acids is 3. The highest BCUT2D eigenvalue weighted by Crippen LogP contribution is 2.43. The van der Waals surface area contributed by atoms with E-state index in [4.69, 9.17) is 23.8 Å². The molecule has 14 nitrogen and oxygen atoms in total. The third-order valence-corrected chi connectivity index (χ3v) is 10.3. The van der Waals surface area contributed by atoms with Crippen LogP contribution in [-0.2, 0) is 46.6 Å². The number of ether oxygens (including phenoxy) is 2. The summed E-state index contributed by atoms with van der Waals surface area (Å²) >= 11 is 0. The lowest BCUT2D eigenvalue weighted by Gasteiger charge is -2.20. The van der Waals surface area contributed by atoms with Crippen LogP contribution in [0.3, 0.4) is 0 Å². The molecule has 0 bridgehead atoms. The highest BCUT2D eigenvalue weighted by atomic mass is 31.2. The Kier molecular flexibility index (Phi) is 36.1. The number of phosphoric ester groups is 2. The van der Waals surface area contributed by atoms with Crippen LogP contribution in [0.15, 0.2) is 48.6 Å². The van der Waals surface area contributed by atoms with Crippen molar-refractivity contribution in [1.29, 1.82) is 0 Å². The number of esters is 2. The van der Waals surface area contributed by atoms with E-state index in [9.17, 15) is 33.5 Å². The summed E-state index contributed by atoms with van der Waals surface area (Å²) < 4.78 is 47.6. The molecule has 0 aromatic carbocycles. The van der Waals surface area contributed by atoms with Crippen molar-refractivity contribution < 1.29 is 66.3 Å². The van der Waals surface area contributed by atoms with Crippen molar-refractivity contribution in [2.24, 2.45) is 5.92 Å². The third kappa shape index (κ3) is 42.2. The second-order valence-electron chi connectivity index (χ2n) is 15.1. The predicted octanol–water partition coefficient (Wildman–Crippen LogP) is 10.1. The molecule has 0 aromatic rings. The normalized spacial score (nSPS) is 14.5. The van der Waals surface area contributed by atoms with E-state index >= 15 is 0 Å². The van der Waals surface area contributed by atoms with Crippen LogP contribution in [0.5, 0.6) is 0 Å². The molecule has 4 N–H and O–H groups in total. The average molecular weight is 879 g/mol. The summed E-state index contributed by atoms with van der Waals surface area (Å²) in [5, 5.41) is 9.74. The largest absolute Gasteiger partial charge is 0.472 e. The minimum absolute atomic E-state index is 0.0292. The van der Waals surface area contributed by atoms with Gasteiger partial charge < -0.3 is 29.3 Å². The first-order chi connectivity index (χ1) is 28.1. The van der Waals surface area contributed by atoms with Crippen LogP contribution in [0.2, 0.25) is 0 Å². The van der Waals surface area contributed by atoms with Gasteiger partial charge in [0.1, 0.15) is 12.7 Å². The molecule has 0 amide bonds. The van der Waals surface area contributed by atoms with E-state index < -0.39 is 66.2 Å².